The van der Waals surface area contributed by atoms with Crippen molar-refractivity contribution >= 4 is 5.91 Å². The number of nitrogens with one attached hydrogen (secondary N) is 1. The highest BCUT2D eigenvalue weighted by Crippen LogP contribution is 2.25. The first-order valence-corrected chi connectivity index (χ1v) is 10.1. The third kappa shape index (κ3) is 4.59. The Labute approximate surface area is 162 Å². The Morgan fingerprint density at radius 3 is 2.33 bits per heavy atom. The number of carbonyl (C=O) groups excluding carboxylic acids is 1. The number of hydrogen-bond donors (Lipinski definition) is 1. The molecule has 1 N–H and O–H groups in total. The van der Waals surface area contributed by atoms with Crippen molar-refractivity contribution in [2.24, 2.45) is 0 Å². The van der Waals surface area contributed by atoms with Gasteiger partial charge in [0.25, 0.3) is 5.91 Å². The molecule has 1 atom stereocenters. The van der Waals surface area contributed by atoms with Crippen LogP contribution in [0.25, 0.3) is 0 Å². The highest BCUT2D eigenvalue weighted by Gasteiger charge is 2.23. The number of carbonyl (C=O) groups is 1. The van der Waals surface area contributed by atoms with Crippen LogP contribution in [0.5, 0.6) is 0 Å². The predicted octanol–water partition coefficient (Wildman–Crippen LogP) is 4.24. The normalized spacial score (nSPS) is 16.7. The van der Waals surface area contributed by atoms with Gasteiger partial charge in [-0.05, 0) is 64.4 Å². The smallest absolute Gasteiger partial charge is 0.254 e. The van der Waals surface area contributed by atoms with E-state index in [9.17, 15) is 4.79 Å². The van der Waals surface area contributed by atoms with E-state index in [0.29, 0.717) is 0 Å². The second kappa shape index (κ2) is 8.70. The Kier molecular flexibility index (Phi) is 6.32. The van der Waals surface area contributed by atoms with Crippen LogP contribution >= 0.6 is 0 Å². The fourth-order valence-corrected chi connectivity index (χ4v) is 4.05. The van der Waals surface area contributed by atoms with E-state index in [-0.39, 0.29) is 11.9 Å². The van der Waals surface area contributed by atoms with Crippen molar-refractivity contribution in [2.75, 3.05) is 20.1 Å². The monoisotopic (exact) mass is 368 g/mol. The predicted molar refractivity (Wildman–Crippen MR) is 109 cm³/mol. The molecular formula is C22H32N4O. The third-order valence-electron chi connectivity index (χ3n) is 5.81. The van der Waals surface area contributed by atoms with E-state index in [0.717, 1.165) is 29.1 Å². The molecule has 0 aliphatic carbocycles. The van der Waals surface area contributed by atoms with E-state index in [1.807, 2.05) is 33.0 Å². The van der Waals surface area contributed by atoms with Gasteiger partial charge >= 0.3 is 0 Å². The molecule has 5 nitrogen and oxygen atoms in total. The number of aryl methyl sites for hydroxylation is 2. The summed E-state index contributed by atoms with van der Waals surface area (Å²) < 4.78 is 0. The maximum Gasteiger partial charge on any atom is 0.254 e. The third-order valence-corrected chi connectivity index (χ3v) is 5.81. The van der Waals surface area contributed by atoms with Crippen molar-refractivity contribution in [1.82, 2.24) is 20.0 Å². The van der Waals surface area contributed by atoms with E-state index in [4.69, 9.17) is 0 Å². The molecule has 2 heterocycles. The molecule has 5 heteroatoms. The molecule has 0 saturated carbocycles. The van der Waals surface area contributed by atoms with Crippen LogP contribution in [0.2, 0.25) is 0 Å². The molecule has 1 aliphatic rings. The van der Waals surface area contributed by atoms with Crippen molar-refractivity contribution in [2.45, 2.75) is 59.0 Å². The number of amides is 1. The summed E-state index contributed by atoms with van der Waals surface area (Å²) in [5.74, 6) is 0.0452. The lowest BCUT2D eigenvalue weighted by molar-refractivity contribution is 0.0742. The lowest BCUT2D eigenvalue weighted by atomic mass is 10.0. The summed E-state index contributed by atoms with van der Waals surface area (Å²) in [6.07, 6.45) is 5.30. The zero-order chi connectivity index (χ0) is 19.4. The Morgan fingerprint density at radius 2 is 1.78 bits per heavy atom. The molecule has 1 amide bonds. The first-order chi connectivity index (χ1) is 13.0. The van der Waals surface area contributed by atoms with E-state index >= 15 is 0 Å². The number of aromatic amines is 1. The first-order valence-electron chi connectivity index (χ1n) is 10.1. The minimum absolute atomic E-state index is 0.0203. The van der Waals surface area contributed by atoms with Gasteiger partial charge in [-0.1, -0.05) is 25.0 Å². The van der Waals surface area contributed by atoms with Crippen molar-refractivity contribution < 1.29 is 4.79 Å². The van der Waals surface area contributed by atoms with Crippen molar-refractivity contribution in [3.05, 3.63) is 52.3 Å². The molecule has 1 aliphatic heterocycles. The Bertz CT molecular complexity index is 738. The number of benzene rings is 1. The van der Waals surface area contributed by atoms with Gasteiger partial charge in [0.05, 0.1) is 11.7 Å². The fourth-order valence-electron chi connectivity index (χ4n) is 4.05. The lowest BCUT2D eigenvalue weighted by Crippen LogP contribution is -2.30. The summed E-state index contributed by atoms with van der Waals surface area (Å²) in [5, 5.41) is 7.27. The van der Waals surface area contributed by atoms with Crippen LogP contribution in [-0.4, -0.2) is 46.0 Å². The second-order valence-corrected chi connectivity index (χ2v) is 7.83. The standard InChI is InChI=1S/C22H32N4O/c1-16-21(17(2)24-23-16)18(3)25(4)22(27)20-11-9-19(10-12-20)15-26-13-7-5-6-8-14-26/h9-12,18H,5-8,13-15H2,1-4H3,(H,23,24)/t18-/m0/s1. The van der Waals surface area contributed by atoms with E-state index in [1.54, 1.807) is 4.90 Å². The zero-order valence-corrected chi connectivity index (χ0v) is 17.1. The number of rotatable bonds is 5. The van der Waals surface area contributed by atoms with Crippen LogP contribution in [0.3, 0.4) is 0 Å². The average Bonchev–Trinajstić information content (AvgIpc) is 2.86. The maximum atomic E-state index is 12.9. The van der Waals surface area contributed by atoms with E-state index < -0.39 is 0 Å². The van der Waals surface area contributed by atoms with Gasteiger partial charge in [0.15, 0.2) is 0 Å². The number of aromatic nitrogens is 2. The van der Waals surface area contributed by atoms with Crippen molar-refractivity contribution in [1.29, 1.82) is 0 Å². The molecule has 1 fully saturated rings. The molecule has 146 valence electrons. The molecule has 1 aromatic heterocycles. The fraction of sp³-hybridized carbons (Fsp3) is 0.545. The maximum absolute atomic E-state index is 12.9. The minimum Gasteiger partial charge on any atom is -0.335 e. The van der Waals surface area contributed by atoms with Crippen LogP contribution in [-0.2, 0) is 6.54 Å². The molecule has 1 aromatic carbocycles. The minimum atomic E-state index is -0.0203. The molecule has 1 saturated heterocycles. The molecule has 0 bridgehead atoms. The van der Waals surface area contributed by atoms with Gasteiger partial charge in [0.2, 0.25) is 0 Å². The SMILES string of the molecule is Cc1n[nH]c(C)c1[C@H](C)N(C)C(=O)c1ccc(CN2CCCCCC2)cc1. The molecule has 0 radical (unpaired) electrons. The highest BCUT2D eigenvalue weighted by molar-refractivity contribution is 5.94. The molecule has 3 rings (SSSR count). The summed E-state index contributed by atoms with van der Waals surface area (Å²) in [4.78, 5) is 17.3. The Hall–Kier alpha value is -2.14. The van der Waals surface area contributed by atoms with Crippen LogP contribution in [0, 0.1) is 13.8 Å². The molecular weight excluding hydrogens is 336 g/mol. The summed E-state index contributed by atoms with van der Waals surface area (Å²) in [5.41, 5.74) is 5.09. The van der Waals surface area contributed by atoms with Crippen molar-refractivity contribution in [3.8, 4) is 0 Å². The number of hydrogen-bond acceptors (Lipinski definition) is 3. The van der Waals surface area contributed by atoms with Crippen LogP contribution < -0.4 is 0 Å². The van der Waals surface area contributed by atoms with Gasteiger partial charge < -0.3 is 4.90 Å². The second-order valence-electron chi connectivity index (χ2n) is 7.83. The average molecular weight is 369 g/mol. The van der Waals surface area contributed by atoms with Gasteiger partial charge in [0.1, 0.15) is 0 Å². The zero-order valence-electron chi connectivity index (χ0n) is 17.1. The van der Waals surface area contributed by atoms with Gasteiger partial charge in [-0.15, -0.1) is 0 Å². The van der Waals surface area contributed by atoms with Crippen LogP contribution in [0.4, 0.5) is 0 Å². The van der Waals surface area contributed by atoms with E-state index in [2.05, 4.69) is 34.2 Å². The molecule has 0 spiro atoms. The van der Waals surface area contributed by atoms with Gasteiger partial charge in [-0.25, -0.2) is 0 Å². The van der Waals surface area contributed by atoms with Gasteiger partial charge in [0, 0.05) is 30.4 Å². The lowest BCUT2D eigenvalue weighted by Gasteiger charge is -2.26. The number of nitrogens with zero attached hydrogens (tertiary/aromatic N) is 3. The molecule has 0 unspecified atom stereocenters. The summed E-state index contributed by atoms with van der Waals surface area (Å²) in [7, 11) is 1.87. The van der Waals surface area contributed by atoms with Crippen LogP contribution in [0.15, 0.2) is 24.3 Å². The first kappa shape index (κ1) is 19.6. The number of likely N-dealkylation sites (tertiary alicyclic amines) is 1. The quantitative estimate of drug-likeness (QED) is 0.859. The van der Waals surface area contributed by atoms with Crippen molar-refractivity contribution in [3.63, 3.8) is 0 Å². The molecule has 2 aromatic rings. The topological polar surface area (TPSA) is 52.2 Å². The summed E-state index contributed by atoms with van der Waals surface area (Å²) in [6.45, 7) is 9.38. The Balaban J connectivity index is 1.66. The summed E-state index contributed by atoms with van der Waals surface area (Å²) in [6, 6.07) is 8.12. The van der Waals surface area contributed by atoms with Gasteiger partial charge in [-0.2, -0.15) is 5.10 Å². The van der Waals surface area contributed by atoms with Gasteiger partial charge in [-0.3, -0.25) is 14.8 Å². The van der Waals surface area contributed by atoms with Crippen LogP contribution in [0.1, 0.15) is 71.5 Å². The molecule has 27 heavy (non-hydrogen) atoms. The summed E-state index contributed by atoms with van der Waals surface area (Å²) >= 11 is 0. The Morgan fingerprint density at radius 1 is 1.15 bits per heavy atom. The highest BCUT2D eigenvalue weighted by atomic mass is 16.2. The largest absolute Gasteiger partial charge is 0.335 e. The number of H-pyrrole nitrogens is 1. The van der Waals surface area contributed by atoms with E-state index in [1.165, 1.54) is 44.3 Å².